The molecule has 1 aromatic rings. The average molecular weight is 222 g/mol. The third kappa shape index (κ3) is 1.88. The first-order valence-electron chi connectivity index (χ1n) is 6.14. The van der Waals surface area contributed by atoms with Crippen molar-refractivity contribution in [1.82, 2.24) is 9.55 Å². The highest BCUT2D eigenvalue weighted by atomic mass is 16.3. The van der Waals surface area contributed by atoms with Gasteiger partial charge in [0.15, 0.2) is 0 Å². The number of aryl methyl sites for hydroxylation is 1. The molecule has 90 valence electrons. The van der Waals surface area contributed by atoms with E-state index in [4.69, 9.17) is 0 Å². The van der Waals surface area contributed by atoms with Crippen molar-refractivity contribution in [3.05, 3.63) is 18.2 Å². The first kappa shape index (κ1) is 11.6. The SMILES string of the molecule is CC(C)C1CCn2ccnc2C1C(C)(C)O. The number of rotatable bonds is 2. The largest absolute Gasteiger partial charge is 0.390 e. The molecule has 16 heavy (non-hydrogen) atoms. The van der Waals surface area contributed by atoms with Crippen LogP contribution in [0.5, 0.6) is 0 Å². The summed E-state index contributed by atoms with van der Waals surface area (Å²) in [7, 11) is 0. The van der Waals surface area contributed by atoms with Crippen LogP contribution >= 0.6 is 0 Å². The Bertz CT molecular complexity index is 362. The number of fused-ring (bicyclic) bond motifs is 1. The molecule has 0 aliphatic carbocycles. The summed E-state index contributed by atoms with van der Waals surface area (Å²) in [6, 6.07) is 0. The zero-order valence-corrected chi connectivity index (χ0v) is 10.6. The molecule has 0 saturated carbocycles. The quantitative estimate of drug-likeness (QED) is 0.834. The summed E-state index contributed by atoms with van der Waals surface area (Å²) in [5, 5.41) is 10.4. The molecule has 0 saturated heterocycles. The Labute approximate surface area is 97.5 Å². The van der Waals surface area contributed by atoms with Gasteiger partial charge in [0.2, 0.25) is 0 Å². The molecule has 0 amide bonds. The molecule has 0 fully saturated rings. The van der Waals surface area contributed by atoms with E-state index in [1.54, 1.807) is 0 Å². The fraction of sp³-hybridized carbons (Fsp3) is 0.769. The number of hydrogen-bond donors (Lipinski definition) is 1. The van der Waals surface area contributed by atoms with E-state index in [9.17, 15) is 5.11 Å². The number of nitrogens with zero attached hydrogens (tertiary/aromatic N) is 2. The van der Waals surface area contributed by atoms with Crippen LogP contribution in [0.15, 0.2) is 12.4 Å². The van der Waals surface area contributed by atoms with Crippen LogP contribution in [0.3, 0.4) is 0 Å². The van der Waals surface area contributed by atoms with Gasteiger partial charge in [-0.25, -0.2) is 4.98 Å². The Morgan fingerprint density at radius 3 is 2.75 bits per heavy atom. The van der Waals surface area contributed by atoms with Crippen LogP contribution in [-0.2, 0) is 6.54 Å². The normalized spacial score (nSPS) is 25.9. The Hall–Kier alpha value is -0.830. The van der Waals surface area contributed by atoms with Gasteiger partial charge in [-0.2, -0.15) is 0 Å². The number of aliphatic hydroxyl groups is 1. The van der Waals surface area contributed by atoms with Crippen LogP contribution in [0.1, 0.15) is 45.9 Å². The third-order valence-electron chi connectivity index (χ3n) is 3.77. The number of hydrogen-bond acceptors (Lipinski definition) is 2. The Balaban J connectivity index is 2.41. The van der Waals surface area contributed by atoms with Crippen molar-refractivity contribution < 1.29 is 5.11 Å². The van der Waals surface area contributed by atoms with E-state index in [1.165, 1.54) is 0 Å². The van der Waals surface area contributed by atoms with Crippen molar-refractivity contribution in [2.75, 3.05) is 0 Å². The smallest absolute Gasteiger partial charge is 0.114 e. The third-order valence-corrected chi connectivity index (χ3v) is 3.77. The van der Waals surface area contributed by atoms with Crippen molar-refractivity contribution in [2.24, 2.45) is 11.8 Å². The van der Waals surface area contributed by atoms with Crippen molar-refractivity contribution in [3.8, 4) is 0 Å². The molecule has 1 aliphatic rings. The van der Waals surface area contributed by atoms with E-state index in [1.807, 2.05) is 26.2 Å². The molecule has 0 radical (unpaired) electrons. The number of aromatic nitrogens is 2. The van der Waals surface area contributed by atoms with E-state index >= 15 is 0 Å². The summed E-state index contributed by atoms with van der Waals surface area (Å²) in [5.41, 5.74) is -0.696. The summed E-state index contributed by atoms with van der Waals surface area (Å²) in [6.07, 6.45) is 5.00. The van der Waals surface area contributed by atoms with Gasteiger partial charge in [0.05, 0.1) is 5.60 Å². The molecule has 2 unspecified atom stereocenters. The highest BCUT2D eigenvalue weighted by molar-refractivity contribution is 5.12. The van der Waals surface area contributed by atoms with E-state index in [-0.39, 0.29) is 5.92 Å². The predicted molar refractivity (Wildman–Crippen MR) is 64.2 cm³/mol. The van der Waals surface area contributed by atoms with Crippen molar-refractivity contribution in [3.63, 3.8) is 0 Å². The molecule has 3 heteroatoms. The van der Waals surface area contributed by atoms with Gasteiger partial charge >= 0.3 is 0 Å². The van der Waals surface area contributed by atoms with Crippen LogP contribution in [-0.4, -0.2) is 20.3 Å². The van der Waals surface area contributed by atoms with Gasteiger partial charge in [-0.3, -0.25) is 0 Å². The highest BCUT2D eigenvalue weighted by Crippen LogP contribution is 2.42. The first-order valence-corrected chi connectivity index (χ1v) is 6.14. The van der Waals surface area contributed by atoms with Crippen LogP contribution in [0.25, 0.3) is 0 Å². The summed E-state index contributed by atoms with van der Waals surface area (Å²) in [6.45, 7) is 9.31. The van der Waals surface area contributed by atoms with Gasteiger partial charge in [-0.05, 0) is 32.1 Å². The molecule has 0 aromatic carbocycles. The molecule has 2 atom stereocenters. The Morgan fingerprint density at radius 1 is 1.50 bits per heavy atom. The average Bonchev–Trinajstić information content (AvgIpc) is 2.61. The maximum absolute atomic E-state index is 10.4. The molecular formula is C13H22N2O. The molecule has 0 spiro atoms. The number of imidazole rings is 1. The molecule has 1 aliphatic heterocycles. The maximum atomic E-state index is 10.4. The van der Waals surface area contributed by atoms with Gasteiger partial charge < -0.3 is 9.67 Å². The molecule has 0 bridgehead atoms. The Kier molecular flexibility index (Phi) is 2.82. The molecular weight excluding hydrogens is 200 g/mol. The zero-order valence-electron chi connectivity index (χ0n) is 10.6. The lowest BCUT2D eigenvalue weighted by atomic mass is 9.71. The lowest BCUT2D eigenvalue weighted by Gasteiger charge is -2.41. The fourth-order valence-corrected chi connectivity index (χ4v) is 2.99. The van der Waals surface area contributed by atoms with Crippen LogP contribution in [0.4, 0.5) is 0 Å². The van der Waals surface area contributed by atoms with Gasteiger partial charge in [0, 0.05) is 24.9 Å². The molecule has 3 nitrogen and oxygen atoms in total. The summed E-state index contributed by atoms with van der Waals surface area (Å²) in [4.78, 5) is 4.44. The minimum Gasteiger partial charge on any atom is -0.390 e. The summed E-state index contributed by atoms with van der Waals surface area (Å²) < 4.78 is 2.18. The molecule has 1 aromatic heterocycles. The van der Waals surface area contributed by atoms with Gasteiger partial charge in [-0.15, -0.1) is 0 Å². The topological polar surface area (TPSA) is 38.0 Å². The van der Waals surface area contributed by atoms with Gasteiger partial charge in [-0.1, -0.05) is 13.8 Å². The van der Waals surface area contributed by atoms with Gasteiger partial charge in [0.1, 0.15) is 5.82 Å². The molecule has 2 heterocycles. The van der Waals surface area contributed by atoms with Crippen molar-refractivity contribution in [2.45, 2.75) is 52.2 Å². The van der Waals surface area contributed by atoms with E-state index < -0.39 is 5.60 Å². The lowest BCUT2D eigenvalue weighted by Crippen LogP contribution is -2.41. The van der Waals surface area contributed by atoms with E-state index in [0.29, 0.717) is 11.8 Å². The lowest BCUT2D eigenvalue weighted by molar-refractivity contribution is 0.00274. The van der Waals surface area contributed by atoms with E-state index in [2.05, 4.69) is 23.4 Å². The maximum Gasteiger partial charge on any atom is 0.114 e. The monoisotopic (exact) mass is 222 g/mol. The standard InChI is InChI=1S/C13H22N2O/c1-9(2)10-5-7-15-8-6-14-12(15)11(10)13(3,4)16/h6,8-11,16H,5,7H2,1-4H3. The molecule has 1 N–H and O–H groups in total. The van der Waals surface area contributed by atoms with Crippen LogP contribution in [0, 0.1) is 11.8 Å². The second-order valence-electron chi connectivity index (χ2n) is 5.81. The summed E-state index contributed by atoms with van der Waals surface area (Å²) in [5.74, 6) is 2.31. The van der Waals surface area contributed by atoms with Crippen LogP contribution < -0.4 is 0 Å². The zero-order chi connectivity index (χ0) is 11.9. The first-order chi connectivity index (χ1) is 7.41. The predicted octanol–water partition coefficient (Wildman–Crippen LogP) is 2.41. The fourth-order valence-electron chi connectivity index (χ4n) is 2.99. The van der Waals surface area contributed by atoms with Crippen molar-refractivity contribution >= 4 is 0 Å². The second kappa shape index (κ2) is 3.88. The van der Waals surface area contributed by atoms with Crippen LogP contribution in [0.2, 0.25) is 0 Å². The van der Waals surface area contributed by atoms with E-state index in [0.717, 1.165) is 18.8 Å². The van der Waals surface area contributed by atoms with Gasteiger partial charge in [0.25, 0.3) is 0 Å². The Morgan fingerprint density at radius 2 is 2.19 bits per heavy atom. The second-order valence-corrected chi connectivity index (χ2v) is 5.81. The summed E-state index contributed by atoms with van der Waals surface area (Å²) >= 11 is 0. The minimum absolute atomic E-state index is 0.149. The minimum atomic E-state index is -0.696. The molecule has 2 rings (SSSR count). The van der Waals surface area contributed by atoms with Crippen molar-refractivity contribution in [1.29, 1.82) is 0 Å². The highest BCUT2D eigenvalue weighted by Gasteiger charge is 2.41.